The van der Waals surface area contributed by atoms with Crippen LogP contribution in [-0.2, 0) is 0 Å². The maximum Gasteiger partial charge on any atom is -0.0196 e. The number of allylic oxidation sites excluding steroid dienone is 4. The fourth-order valence-corrected chi connectivity index (χ4v) is 1.36. The van der Waals surface area contributed by atoms with E-state index in [0.717, 1.165) is 5.92 Å². The van der Waals surface area contributed by atoms with E-state index in [4.69, 9.17) is 0 Å². The summed E-state index contributed by atoms with van der Waals surface area (Å²) in [5, 5.41) is 0. The van der Waals surface area contributed by atoms with E-state index in [1.165, 1.54) is 24.8 Å². The van der Waals surface area contributed by atoms with Crippen LogP contribution in [-0.4, -0.2) is 0 Å². The van der Waals surface area contributed by atoms with Crippen molar-refractivity contribution in [2.75, 3.05) is 0 Å². The standard InChI is InChI=1S/C10H16.C2H6/c1-3-4-10-7-5-9(2)6-8-10;1-2/h5-7,10H,3-4,8H2,1-2H3;1-2H3. The van der Waals surface area contributed by atoms with Crippen LogP contribution in [0, 0.1) is 5.92 Å². The minimum absolute atomic E-state index is 0.827. The quantitative estimate of drug-likeness (QED) is 0.572. The van der Waals surface area contributed by atoms with Crippen molar-refractivity contribution in [3.63, 3.8) is 0 Å². The molecule has 0 nitrogen and oxygen atoms in total. The molecular weight excluding hydrogens is 144 g/mol. The van der Waals surface area contributed by atoms with Gasteiger partial charge in [-0.2, -0.15) is 0 Å². The molecule has 0 spiro atoms. The third kappa shape index (κ3) is 4.38. The fraction of sp³-hybridized carbons (Fsp3) is 0.667. The first-order valence-electron chi connectivity index (χ1n) is 5.18. The second-order valence-corrected chi connectivity index (χ2v) is 3.09. The summed E-state index contributed by atoms with van der Waals surface area (Å²) in [5.41, 5.74) is 1.42. The molecule has 0 fully saturated rings. The lowest BCUT2D eigenvalue weighted by Gasteiger charge is -2.12. The topological polar surface area (TPSA) is 0 Å². The van der Waals surface area contributed by atoms with Gasteiger partial charge in [0.05, 0.1) is 0 Å². The van der Waals surface area contributed by atoms with Crippen LogP contribution in [0.5, 0.6) is 0 Å². The molecule has 0 aromatic heterocycles. The van der Waals surface area contributed by atoms with Gasteiger partial charge in [-0.05, 0) is 25.7 Å². The second kappa shape index (κ2) is 7.15. The Hall–Kier alpha value is -0.520. The Bertz CT molecular complexity index is 151. The lowest BCUT2D eigenvalue weighted by Crippen LogP contribution is -1.97. The predicted molar refractivity (Wildman–Crippen MR) is 57.3 cm³/mol. The van der Waals surface area contributed by atoms with E-state index in [9.17, 15) is 0 Å². The van der Waals surface area contributed by atoms with E-state index in [1.807, 2.05) is 13.8 Å². The van der Waals surface area contributed by atoms with Crippen LogP contribution in [0.15, 0.2) is 23.8 Å². The highest BCUT2D eigenvalue weighted by Gasteiger charge is 2.04. The third-order valence-electron chi connectivity index (χ3n) is 2.03. The van der Waals surface area contributed by atoms with Crippen molar-refractivity contribution in [1.29, 1.82) is 0 Å². The highest BCUT2D eigenvalue weighted by molar-refractivity contribution is 5.21. The molecule has 0 heterocycles. The van der Waals surface area contributed by atoms with Gasteiger partial charge in [-0.25, -0.2) is 0 Å². The zero-order valence-electron chi connectivity index (χ0n) is 8.93. The lowest BCUT2D eigenvalue weighted by atomic mass is 9.94. The molecule has 0 aromatic carbocycles. The minimum atomic E-state index is 0.827. The van der Waals surface area contributed by atoms with Gasteiger partial charge in [0, 0.05) is 0 Å². The summed E-state index contributed by atoms with van der Waals surface area (Å²) >= 11 is 0. The zero-order valence-corrected chi connectivity index (χ0v) is 8.93. The molecule has 0 radical (unpaired) electrons. The van der Waals surface area contributed by atoms with Crippen LogP contribution < -0.4 is 0 Å². The van der Waals surface area contributed by atoms with E-state index >= 15 is 0 Å². The molecule has 1 aliphatic carbocycles. The largest absolute Gasteiger partial charge is 0.0810 e. The molecule has 0 amide bonds. The van der Waals surface area contributed by atoms with Crippen LogP contribution in [0.4, 0.5) is 0 Å². The average molecular weight is 166 g/mol. The van der Waals surface area contributed by atoms with Gasteiger partial charge in [-0.3, -0.25) is 0 Å². The molecule has 0 N–H and O–H groups in total. The van der Waals surface area contributed by atoms with Gasteiger partial charge >= 0.3 is 0 Å². The van der Waals surface area contributed by atoms with E-state index < -0.39 is 0 Å². The molecule has 0 saturated carbocycles. The van der Waals surface area contributed by atoms with Gasteiger partial charge in [0.1, 0.15) is 0 Å². The Morgan fingerprint density at radius 3 is 2.50 bits per heavy atom. The smallest absolute Gasteiger partial charge is 0.0196 e. The molecule has 70 valence electrons. The molecule has 0 heteroatoms. The molecule has 0 aliphatic heterocycles. The first-order valence-corrected chi connectivity index (χ1v) is 5.18. The SMILES string of the molecule is CC.CCCC1C=CC(C)=CC1. The summed E-state index contributed by atoms with van der Waals surface area (Å²) in [6.45, 7) is 8.41. The maximum absolute atomic E-state index is 2.35. The molecule has 1 rings (SSSR count). The van der Waals surface area contributed by atoms with Crippen molar-refractivity contribution in [3.8, 4) is 0 Å². The number of rotatable bonds is 2. The molecule has 12 heavy (non-hydrogen) atoms. The van der Waals surface area contributed by atoms with Gasteiger partial charge in [-0.1, -0.05) is 51.0 Å². The van der Waals surface area contributed by atoms with E-state index in [0.29, 0.717) is 0 Å². The monoisotopic (exact) mass is 166 g/mol. The van der Waals surface area contributed by atoms with Gasteiger partial charge < -0.3 is 0 Å². The Labute approximate surface area is 77.4 Å². The number of hydrogen-bond donors (Lipinski definition) is 0. The Morgan fingerprint density at radius 2 is 2.08 bits per heavy atom. The van der Waals surface area contributed by atoms with Gasteiger partial charge in [0.25, 0.3) is 0 Å². The molecule has 0 aromatic rings. The zero-order chi connectivity index (χ0) is 9.40. The highest BCUT2D eigenvalue weighted by atomic mass is 14.1. The van der Waals surface area contributed by atoms with Gasteiger partial charge in [0.2, 0.25) is 0 Å². The fourth-order valence-electron chi connectivity index (χ4n) is 1.36. The van der Waals surface area contributed by atoms with Crippen LogP contribution in [0.25, 0.3) is 0 Å². The second-order valence-electron chi connectivity index (χ2n) is 3.09. The van der Waals surface area contributed by atoms with Crippen LogP contribution >= 0.6 is 0 Å². The molecular formula is C12H22. The average Bonchev–Trinajstić information content (AvgIpc) is 2.13. The van der Waals surface area contributed by atoms with E-state index in [2.05, 4.69) is 32.1 Å². The lowest BCUT2D eigenvalue weighted by molar-refractivity contribution is 0.582. The van der Waals surface area contributed by atoms with Gasteiger partial charge in [-0.15, -0.1) is 0 Å². The third-order valence-corrected chi connectivity index (χ3v) is 2.03. The predicted octanol–water partition coefficient (Wildman–Crippen LogP) is 4.34. The molecule has 0 saturated heterocycles. The Balaban J connectivity index is 0.000000561. The highest BCUT2D eigenvalue weighted by Crippen LogP contribution is 2.19. The normalized spacial score (nSPS) is 21.0. The molecule has 0 bridgehead atoms. The van der Waals surface area contributed by atoms with Crippen molar-refractivity contribution in [3.05, 3.63) is 23.8 Å². The van der Waals surface area contributed by atoms with Crippen molar-refractivity contribution in [2.24, 2.45) is 5.92 Å². The Morgan fingerprint density at radius 1 is 1.42 bits per heavy atom. The van der Waals surface area contributed by atoms with E-state index in [-0.39, 0.29) is 0 Å². The van der Waals surface area contributed by atoms with Crippen molar-refractivity contribution < 1.29 is 0 Å². The maximum atomic E-state index is 2.35. The van der Waals surface area contributed by atoms with Crippen LogP contribution in [0.3, 0.4) is 0 Å². The first-order chi connectivity index (χ1) is 5.83. The van der Waals surface area contributed by atoms with Crippen LogP contribution in [0.1, 0.15) is 47.0 Å². The summed E-state index contributed by atoms with van der Waals surface area (Å²) in [5.74, 6) is 0.827. The molecule has 1 unspecified atom stereocenters. The molecule has 1 aliphatic rings. The summed E-state index contributed by atoms with van der Waals surface area (Å²) in [7, 11) is 0. The summed E-state index contributed by atoms with van der Waals surface area (Å²) in [4.78, 5) is 0. The van der Waals surface area contributed by atoms with Crippen LogP contribution in [0.2, 0.25) is 0 Å². The van der Waals surface area contributed by atoms with E-state index in [1.54, 1.807) is 0 Å². The minimum Gasteiger partial charge on any atom is -0.0810 e. The Kier molecular flexibility index (Phi) is 6.84. The number of hydrogen-bond acceptors (Lipinski definition) is 0. The van der Waals surface area contributed by atoms with Crippen molar-refractivity contribution >= 4 is 0 Å². The molecule has 1 atom stereocenters. The summed E-state index contributed by atoms with van der Waals surface area (Å²) in [6, 6.07) is 0. The van der Waals surface area contributed by atoms with Crippen molar-refractivity contribution in [1.82, 2.24) is 0 Å². The van der Waals surface area contributed by atoms with Gasteiger partial charge in [0.15, 0.2) is 0 Å². The summed E-state index contributed by atoms with van der Waals surface area (Å²) in [6.07, 6.45) is 10.8. The summed E-state index contributed by atoms with van der Waals surface area (Å²) < 4.78 is 0. The first kappa shape index (κ1) is 11.5. The van der Waals surface area contributed by atoms with Crippen molar-refractivity contribution in [2.45, 2.75) is 47.0 Å².